The second kappa shape index (κ2) is 6.21. The molecule has 18 heavy (non-hydrogen) atoms. The molecule has 0 saturated heterocycles. The van der Waals surface area contributed by atoms with Gasteiger partial charge in [0.2, 0.25) is 0 Å². The van der Waals surface area contributed by atoms with E-state index in [1.54, 1.807) is 18.6 Å². The van der Waals surface area contributed by atoms with E-state index >= 15 is 0 Å². The molecule has 2 aromatic heterocycles. The Morgan fingerprint density at radius 1 is 1.17 bits per heavy atom. The minimum atomic E-state index is 0.0137. The van der Waals surface area contributed by atoms with Crippen LogP contribution in [0.5, 0.6) is 0 Å². The average molecular weight is 242 g/mol. The van der Waals surface area contributed by atoms with Crippen molar-refractivity contribution in [2.75, 3.05) is 6.54 Å². The van der Waals surface area contributed by atoms with E-state index in [0.717, 1.165) is 24.4 Å². The highest BCUT2D eigenvalue weighted by atomic mass is 15.0. The molecule has 0 spiro atoms. The maximum Gasteiger partial charge on any atom is 0.0943 e. The van der Waals surface area contributed by atoms with Crippen LogP contribution in [0.2, 0.25) is 0 Å². The standard InChI is InChI=1S/C14H18N4/c1-3-11-6-5-7-18-13(11)14(16-4-2)12-10-15-8-9-17-12/h5-10,14,16H,3-4H2,1-2H3. The number of nitrogens with zero attached hydrogens (tertiary/aromatic N) is 3. The molecule has 0 amide bonds. The number of pyridine rings is 1. The second-order valence-corrected chi connectivity index (χ2v) is 4.02. The van der Waals surface area contributed by atoms with Crippen LogP contribution in [0.4, 0.5) is 0 Å². The molecule has 0 radical (unpaired) electrons. The fourth-order valence-corrected chi connectivity index (χ4v) is 2.01. The first-order valence-electron chi connectivity index (χ1n) is 6.29. The predicted molar refractivity (Wildman–Crippen MR) is 71.2 cm³/mol. The normalized spacial score (nSPS) is 12.3. The first-order chi connectivity index (χ1) is 8.86. The van der Waals surface area contributed by atoms with Crippen LogP contribution in [0.25, 0.3) is 0 Å². The molecule has 0 aliphatic rings. The lowest BCUT2D eigenvalue weighted by molar-refractivity contribution is 0.593. The summed E-state index contributed by atoms with van der Waals surface area (Å²) in [6, 6.07) is 4.10. The summed E-state index contributed by atoms with van der Waals surface area (Å²) in [5.74, 6) is 0. The van der Waals surface area contributed by atoms with E-state index in [1.807, 2.05) is 12.3 Å². The van der Waals surface area contributed by atoms with Crippen molar-refractivity contribution >= 4 is 0 Å². The van der Waals surface area contributed by atoms with Crippen molar-refractivity contribution in [3.05, 3.63) is 53.9 Å². The third kappa shape index (κ3) is 2.71. The first kappa shape index (κ1) is 12.6. The molecule has 0 aliphatic heterocycles. The second-order valence-electron chi connectivity index (χ2n) is 4.02. The highest BCUT2D eigenvalue weighted by Crippen LogP contribution is 2.21. The zero-order chi connectivity index (χ0) is 12.8. The molecule has 2 heterocycles. The highest BCUT2D eigenvalue weighted by molar-refractivity contribution is 5.28. The Bertz CT molecular complexity index is 484. The first-order valence-corrected chi connectivity index (χ1v) is 6.29. The number of aromatic nitrogens is 3. The molecule has 0 aliphatic carbocycles. The van der Waals surface area contributed by atoms with Crippen molar-refractivity contribution in [3.8, 4) is 0 Å². The summed E-state index contributed by atoms with van der Waals surface area (Å²) in [7, 11) is 0. The quantitative estimate of drug-likeness (QED) is 0.872. The predicted octanol–water partition coefficient (Wildman–Crippen LogP) is 2.13. The molecule has 0 fully saturated rings. The lowest BCUT2D eigenvalue weighted by Gasteiger charge is -2.18. The van der Waals surface area contributed by atoms with Gasteiger partial charge in [-0.25, -0.2) is 0 Å². The van der Waals surface area contributed by atoms with Gasteiger partial charge < -0.3 is 5.32 Å². The van der Waals surface area contributed by atoms with Gasteiger partial charge in [-0.3, -0.25) is 15.0 Å². The summed E-state index contributed by atoms with van der Waals surface area (Å²) in [5, 5.41) is 3.42. The van der Waals surface area contributed by atoms with Crippen LogP contribution in [0.3, 0.4) is 0 Å². The molecule has 1 N–H and O–H groups in total. The van der Waals surface area contributed by atoms with Gasteiger partial charge in [0.05, 0.1) is 23.6 Å². The van der Waals surface area contributed by atoms with Crippen molar-refractivity contribution in [1.82, 2.24) is 20.3 Å². The Morgan fingerprint density at radius 3 is 2.72 bits per heavy atom. The van der Waals surface area contributed by atoms with Crippen molar-refractivity contribution < 1.29 is 0 Å². The fourth-order valence-electron chi connectivity index (χ4n) is 2.01. The van der Waals surface area contributed by atoms with E-state index < -0.39 is 0 Å². The molecular formula is C14H18N4. The van der Waals surface area contributed by atoms with Crippen molar-refractivity contribution in [2.45, 2.75) is 26.3 Å². The van der Waals surface area contributed by atoms with Crippen LogP contribution in [0.15, 0.2) is 36.9 Å². The monoisotopic (exact) mass is 242 g/mol. The molecule has 4 nitrogen and oxygen atoms in total. The van der Waals surface area contributed by atoms with Gasteiger partial charge in [-0.1, -0.05) is 19.9 Å². The summed E-state index contributed by atoms with van der Waals surface area (Å²) < 4.78 is 0. The summed E-state index contributed by atoms with van der Waals surface area (Å²) >= 11 is 0. The highest BCUT2D eigenvalue weighted by Gasteiger charge is 2.18. The fraction of sp³-hybridized carbons (Fsp3) is 0.357. The van der Waals surface area contributed by atoms with Crippen molar-refractivity contribution in [2.24, 2.45) is 0 Å². The number of rotatable bonds is 5. The Hall–Kier alpha value is -1.81. The number of aryl methyl sites for hydroxylation is 1. The van der Waals surface area contributed by atoms with Crippen molar-refractivity contribution in [3.63, 3.8) is 0 Å². The Morgan fingerprint density at radius 2 is 2.06 bits per heavy atom. The van der Waals surface area contributed by atoms with E-state index in [1.165, 1.54) is 5.56 Å². The Kier molecular flexibility index (Phi) is 4.36. The molecule has 2 aromatic rings. The molecule has 1 atom stereocenters. The van der Waals surface area contributed by atoms with Crippen LogP contribution >= 0.6 is 0 Å². The summed E-state index contributed by atoms with van der Waals surface area (Å²) in [6.07, 6.45) is 7.99. The van der Waals surface area contributed by atoms with Crippen molar-refractivity contribution in [1.29, 1.82) is 0 Å². The van der Waals surface area contributed by atoms with Gasteiger partial charge in [0.25, 0.3) is 0 Å². The van der Waals surface area contributed by atoms with E-state index in [-0.39, 0.29) is 6.04 Å². The Labute approximate surface area is 108 Å². The third-order valence-electron chi connectivity index (χ3n) is 2.87. The zero-order valence-electron chi connectivity index (χ0n) is 10.8. The third-order valence-corrected chi connectivity index (χ3v) is 2.87. The van der Waals surface area contributed by atoms with E-state index in [0.29, 0.717) is 0 Å². The van der Waals surface area contributed by atoms with Gasteiger partial charge in [-0.15, -0.1) is 0 Å². The Balaban J connectivity index is 2.41. The zero-order valence-corrected chi connectivity index (χ0v) is 10.8. The van der Waals surface area contributed by atoms with Gasteiger partial charge in [0.1, 0.15) is 0 Å². The molecule has 0 saturated carbocycles. The van der Waals surface area contributed by atoms with Gasteiger partial charge >= 0.3 is 0 Å². The van der Waals surface area contributed by atoms with Crippen LogP contribution < -0.4 is 5.32 Å². The van der Waals surface area contributed by atoms with Gasteiger partial charge in [-0.05, 0) is 24.6 Å². The average Bonchev–Trinajstić information content (AvgIpc) is 2.46. The number of hydrogen-bond acceptors (Lipinski definition) is 4. The maximum absolute atomic E-state index is 4.51. The molecule has 4 heteroatoms. The van der Waals surface area contributed by atoms with Crippen LogP contribution in [-0.4, -0.2) is 21.5 Å². The van der Waals surface area contributed by atoms with E-state index in [2.05, 4.69) is 40.2 Å². The molecule has 0 aromatic carbocycles. The number of hydrogen-bond donors (Lipinski definition) is 1. The largest absolute Gasteiger partial charge is 0.304 e. The van der Waals surface area contributed by atoms with Gasteiger partial charge in [-0.2, -0.15) is 0 Å². The lowest BCUT2D eigenvalue weighted by atomic mass is 10.0. The maximum atomic E-state index is 4.51. The SMILES string of the molecule is CCNC(c1cnccn1)c1ncccc1CC. The smallest absolute Gasteiger partial charge is 0.0943 e. The molecule has 94 valence electrons. The number of nitrogens with one attached hydrogen (secondary N) is 1. The summed E-state index contributed by atoms with van der Waals surface area (Å²) in [6.45, 7) is 5.08. The van der Waals surface area contributed by atoms with Gasteiger partial charge in [0, 0.05) is 18.6 Å². The van der Waals surface area contributed by atoms with E-state index in [9.17, 15) is 0 Å². The van der Waals surface area contributed by atoms with E-state index in [4.69, 9.17) is 0 Å². The van der Waals surface area contributed by atoms with Gasteiger partial charge in [0.15, 0.2) is 0 Å². The lowest BCUT2D eigenvalue weighted by Crippen LogP contribution is -2.25. The summed E-state index contributed by atoms with van der Waals surface area (Å²) in [4.78, 5) is 13.0. The molecular weight excluding hydrogens is 224 g/mol. The molecule has 1 unspecified atom stereocenters. The van der Waals surface area contributed by atoms with Crippen LogP contribution in [0.1, 0.15) is 36.8 Å². The van der Waals surface area contributed by atoms with Crippen LogP contribution in [0, 0.1) is 0 Å². The topological polar surface area (TPSA) is 50.7 Å². The molecule has 2 rings (SSSR count). The molecule has 0 bridgehead atoms. The minimum Gasteiger partial charge on any atom is -0.304 e. The summed E-state index contributed by atoms with van der Waals surface area (Å²) in [5.41, 5.74) is 3.20. The van der Waals surface area contributed by atoms with Crippen LogP contribution in [-0.2, 0) is 6.42 Å². The minimum absolute atomic E-state index is 0.0137.